The molecule has 1 spiro atoms. The van der Waals surface area contributed by atoms with E-state index >= 15 is 0 Å². The second-order valence-electron chi connectivity index (χ2n) is 10.9. The van der Waals surface area contributed by atoms with E-state index in [1.165, 1.54) is 0 Å². The maximum atomic E-state index is 14.1. The molecule has 0 saturated carbocycles. The van der Waals surface area contributed by atoms with Crippen LogP contribution in [0, 0.1) is 0 Å². The van der Waals surface area contributed by atoms with Crippen molar-refractivity contribution in [1.29, 1.82) is 0 Å². The topological polar surface area (TPSA) is 98.4 Å². The molecule has 6 rings (SSSR count). The molecule has 1 atom stereocenters. The molecule has 3 aromatic rings. The smallest absolute Gasteiger partial charge is 0.319 e. The Balaban J connectivity index is 1.20. The van der Waals surface area contributed by atoms with Gasteiger partial charge in [0.15, 0.2) is 11.5 Å². The van der Waals surface area contributed by atoms with E-state index in [9.17, 15) is 9.59 Å². The van der Waals surface area contributed by atoms with Crippen molar-refractivity contribution in [2.24, 2.45) is 0 Å². The molecule has 0 fully saturated rings. The second kappa shape index (κ2) is 9.11. The zero-order valence-electron chi connectivity index (χ0n) is 22.4. The molecular weight excluding hydrogens is 498 g/mol. The monoisotopic (exact) mass is 529 g/mol. The number of carbonyl (C=O) groups is 2. The van der Waals surface area contributed by atoms with Crippen LogP contribution < -0.4 is 34.5 Å². The Kier molecular flexibility index (Phi) is 5.82. The molecule has 3 amide bonds. The van der Waals surface area contributed by atoms with Crippen LogP contribution >= 0.6 is 0 Å². The lowest BCUT2D eigenvalue weighted by Crippen LogP contribution is -2.45. The van der Waals surface area contributed by atoms with Gasteiger partial charge in [0, 0.05) is 30.4 Å². The molecule has 3 heterocycles. The van der Waals surface area contributed by atoms with Gasteiger partial charge in [-0.15, -0.1) is 0 Å². The van der Waals surface area contributed by atoms with E-state index < -0.39 is 5.41 Å². The van der Waals surface area contributed by atoms with Crippen LogP contribution in [-0.4, -0.2) is 45.5 Å². The summed E-state index contributed by atoms with van der Waals surface area (Å²) in [5.74, 6) is 2.31. The van der Waals surface area contributed by atoms with Gasteiger partial charge in [-0.1, -0.05) is 45.0 Å². The van der Waals surface area contributed by atoms with Crippen LogP contribution in [0.4, 0.5) is 16.2 Å². The van der Waals surface area contributed by atoms with E-state index in [0.717, 1.165) is 22.4 Å². The van der Waals surface area contributed by atoms with Gasteiger partial charge in [0.05, 0.1) is 12.8 Å². The number of urea groups is 1. The summed E-state index contributed by atoms with van der Waals surface area (Å²) >= 11 is 0. The molecule has 0 saturated heterocycles. The zero-order valence-corrected chi connectivity index (χ0v) is 22.4. The van der Waals surface area contributed by atoms with Crippen molar-refractivity contribution in [3.63, 3.8) is 0 Å². The fourth-order valence-corrected chi connectivity index (χ4v) is 5.51. The summed E-state index contributed by atoms with van der Waals surface area (Å²) in [5, 5.41) is 5.77. The van der Waals surface area contributed by atoms with Crippen molar-refractivity contribution >= 4 is 23.3 Å². The third kappa shape index (κ3) is 4.00. The number of hydrogen-bond donors (Lipinski definition) is 2. The number of para-hydroxylation sites is 1. The van der Waals surface area contributed by atoms with Crippen molar-refractivity contribution in [2.75, 3.05) is 43.8 Å². The number of anilines is 2. The van der Waals surface area contributed by atoms with Crippen LogP contribution in [0.5, 0.6) is 23.0 Å². The molecule has 39 heavy (non-hydrogen) atoms. The lowest BCUT2D eigenvalue weighted by Gasteiger charge is -2.23. The Morgan fingerprint density at radius 3 is 2.54 bits per heavy atom. The third-order valence-corrected chi connectivity index (χ3v) is 7.58. The summed E-state index contributed by atoms with van der Waals surface area (Å²) in [6.45, 7) is 7.20. The first-order valence-electron chi connectivity index (χ1n) is 12.9. The quantitative estimate of drug-likeness (QED) is 0.503. The highest BCUT2D eigenvalue weighted by Crippen LogP contribution is 2.54. The van der Waals surface area contributed by atoms with Crippen molar-refractivity contribution in [3.05, 3.63) is 71.3 Å². The number of nitrogens with one attached hydrogen (secondary N) is 2. The lowest BCUT2D eigenvalue weighted by atomic mass is 9.77. The molecule has 0 bridgehead atoms. The lowest BCUT2D eigenvalue weighted by molar-refractivity contribution is -0.122. The molecule has 9 heteroatoms. The molecular formula is C30H31N3O6. The number of nitrogens with zero attached hydrogens (tertiary/aromatic N) is 1. The molecule has 0 aliphatic carbocycles. The van der Waals surface area contributed by atoms with E-state index in [4.69, 9.17) is 18.9 Å². The SMILES string of the molecule is COc1ccc(C(C)(C)C)cc1NC(=O)NCCN1C(=O)C2(COc3cc4c(cc32)OCO4)c2ccccc21. The highest BCUT2D eigenvalue weighted by molar-refractivity contribution is 6.11. The fraction of sp³-hybridized carbons (Fsp3) is 0.333. The Hall–Kier alpha value is -4.40. The van der Waals surface area contributed by atoms with Crippen LogP contribution in [0.3, 0.4) is 0 Å². The molecule has 3 aliphatic heterocycles. The van der Waals surface area contributed by atoms with Crippen molar-refractivity contribution in [3.8, 4) is 23.0 Å². The van der Waals surface area contributed by atoms with Gasteiger partial charge in [-0.2, -0.15) is 0 Å². The normalized spacial score (nSPS) is 18.6. The second-order valence-corrected chi connectivity index (χ2v) is 10.9. The minimum Gasteiger partial charge on any atom is -0.495 e. The summed E-state index contributed by atoms with van der Waals surface area (Å²) in [5.41, 5.74) is 3.05. The fourth-order valence-electron chi connectivity index (χ4n) is 5.51. The number of fused-ring (bicyclic) bond motifs is 5. The van der Waals surface area contributed by atoms with E-state index in [1.54, 1.807) is 18.1 Å². The van der Waals surface area contributed by atoms with Gasteiger partial charge in [-0.05, 0) is 40.8 Å². The Morgan fingerprint density at radius 2 is 1.77 bits per heavy atom. The number of benzene rings is 3. The van der Waals surface area contributed by atoms with Crippen LogP contribution in [0.25, 0.3) is 0 Å². The molecule has 0 aromatic heterocycles. The Morgan fingerprint density at radius 1 is 1.00 bits per heavy atom. The number of hydrogen-bond acceptors (Lipinski definition) is 6. The van der Waals surface area contributed by atoms with E-state index in [1.807, 2.05) is 48.5 Å². The highest BCUT2D eigenvalue weighted by Gasteiger charge is 2.57. The van der Waals surface area contributed by atoms with E-state index in [2.05, 4.69) is 31.4 Å². The molecule has 202 valence electrons. The standard InChI is InChI=1S/C30H31N3O6/c1-29(2,3)18-9-10-23(36-4)21(13-18)32-28(35)31-11-12-33-22-8-6-5-7-19(22)30(27(33)34)16-37-24-15-26-25(14-20(24)30)38-17-39-26/h5-10,13-15H,11-12,16-17H2,1-4H3,(H2,31,32,35). The first-order valence-corrected chi connectivity index (χ1v) is 12.9. The largest absolute Gasteiger partial charge is 0.495 e. The van der Waals surface area contributed by atoms with Gasteiger partial charge in [0.2, 0.25) is 12.7 Å². The first-order chi connectivity index (χ1) is 18.7. The molecule has 0 radical (unpaired) electrons. The van der Waals surface area contributed by atoms with Crippen molar-refractivity contribution < 1.29 is 28.5 Å². The predicted molar refractivity (Wildman–Crippen MR) is 146 cm³/mol. The summed E-state index contributed by atoms with van der Waals surface area (Å²) in [7, 11) is 1.57. The van der Waals surface area contributed by atoms with Crippen LogP contribution in [0.1, 0.15) is 37.5 Å². The maximum absolute atomic E-state index is 14.1. The van der Waals surface area contributed by atoms with Crippen molar-refractivity contribution in [2.45, 2.75) is 31.6 Å². The van der Waals surface area contributed by atoms with Crippen LogP contribution in [0.15, 0.2) is 54.6 Å². The number of ether oxygens (including phenoxy) is 4. The van der Waals surface area contributed by atoms with Gasteiger partial charge in [0.1, 0.15) is 23.5 Å². The predicted octanol–water partition coefficient (Wildman–Crippen LogP) is 4.57. The molecule has 2 N–H and O–H groups in total. The Bertz CT molecular complexity index is 1480. The maximum Gasteiger partial charge on any atom is 0.319 e. The van der Waals surface area contributed by atoms with Gasteiger partial charge in [-0.25, -0.2) is 4.79 Å². The van der Waals surface area contributed by atoms with Crippen molar-refractivity contribution in [1.82, 2.24) is 5.32 Å². The Labute approximate surface area is 227 Å². The van der Waals surface area contributed by atoms with Gasteiger partial charge in [0.25, 0.3) is 0 Å². The summed E-state index contributed by atoms with van der Waals surface area (Å²) in [6, 6.07) is 16.8. The summed E-state index contributed by atoms with van der Waals surface area (Å²) < 4.78 is 22.6. The molecule has 1 unspecified atom stereocenters. The van der Waals surface area contributed by atoms with Gasteiger partial charge in [-0.3, -0.25) is 4.79 Å². The summed E-state index contributed by atoms with van der Waals surface area (Å²) in [4.78, 5) is 28.6. The number of rotatable bonds is 5. The van der Waals surface area contributed by atoms with Gasteiger partial charge < -0.3 is 34.5 Å². The minimum atomic E-state index is -0.976. The minimum absolute atomic E-state index is 0.0829. The number of methoxy groups -OCH3 is 1. The van der Waals surface area contributed by atoms with Gasteiger partial charge >= 0.3 is 6.03 Å². The average Bonchev–Trinajstić information content (AvgIpc) is 3.59. The highest BCUT2D eigenvalue weighted by atomic mass is 16.7. The number of carbonyl (C=O) groups excluding carboxylic acids is 2. The third-order valence-electron chi connectivity index (χ3n) is 7.58. The number of amides is 3. The molecule has 3 aliphatic rings. The van der Waals surface area contributed by atoms with Crippen LogP contribution in [0.2, 0.25) is 0 Å². The molecule has 3 aromatic carbocycles. The van der Waals surface area contributed by atoms with Crippen LogP contribution in [-0.2, 0) is 15.6 Å². The first kappa shape index (κ1) is 24.9. The zero-order chi connectivity index (χ0) is 27.4. The van der Waals surface area contributed by atoms with E-state index in [0.29, 0.717) is 35.2 Å². The van der Waals surface area contributed by atoms with E-state index in [-0.39, 0.29) is 37.3 Å². The average molecular weight is 530 g/mol. The molecule has 9 nitrogen and oxygen atoms in total. The summed E-state index contributed by atoms with van der Waals surface area (Å²) in [6.07, 6.45) is 0.